The van der Waals surface area contributed by atoms with Crippen LogP contribution in [0.25, 0.3) is 0 Å². The maximum absolute atomic E-state index is 11.3. The lowest BCUT2D eigenvalue weighted by atomic mass is 10.3. The van der Waals surface area contributed by atoms with Crippen molar-refractivity contribution in [3.05, 3.63) is 18.3 Å². The molecule has 6 heteroatoms. The van der Waals surface area contributed by atoms with Crippen molar-refractivity contribution in [1.82, 2.24) is 4.98 Å². The molecule has 0 unspecified atom stereocenters. The average molecular weight is 240 g/mol. The Labute approximate surface area is 97.3 Å². The molecule has 5 nitrogen and oxygen atoms in total. The number of carboxylic acid groups (broad SMARTS) is 1. The monoisotopic (exact) mass is 240 g/mol. The van der Waals surface area contributed by atoms with Gasteiger partial charge >= 0.3 is 5.97 Å². The molecular weight excluding hydrogens is 228 g/mol. The normalized spacial score (nSPS) is 9.81. The van der Waals surface area contributed by atoms with Gasteiger partial charge in [-0.05, 0) is 18.4 Å². The van der Waals surface area contributed by atoms with Crippen LogP contribution in [0.5, 0.6) is 0 Å². The van der Waals surface area contributed by atoms with Crippen LogP contribution < -0.4 is 5.32 Å². The summed E-state index contributed by atoms with van der Waals surface area (Å²) in [7, 11) is 0. The minimum absolute atomic E-state index is 0.0412. The smallest absolute Gasteiger partial charge is 0.303 e. The number of hydrogen-bond donors (Lipinski definition) is 2. The van der Waals surface area contributed by atoms with Gasteiger partial charge in [-0.1, -0.05) is 0 Å². The van der Waals surface area contributed by atoms with Crippen molar-refractivity contribution in [2.45, 2.75) is 17.7 Å². The third kappa shape index (κ3) is 4.31. The molecule has 1 rings (SSSR count). The molecule has 0 aliphatic carbocycles. The first-order chi connectivity index (χ1) is 7.61. The van der Waals surface area contributed by atoms with Crippen molar-refractivity contribution >= 4 is 29.5 Å². The lowest BCUT2D eigenvalue weighted by Gasteiger charge is -2.04. The van der Waals surface area contributed by atoms with E-state index in [1.54, 1.807) is 24.0 Å². The molecule has 0 saturated carbocycles. The molecule has 0 aliphatic rings. The Morgan fingerprint density at radius 1 is 1.50 bits per heavy atom. The minimum Gasteiger partial charge on any atom is -0.481 e. The summed E-state index contributed by atoms with van der Waals surface area (Å²) in [5.74, 6) is -0.878. The zero-order valence-electron chi connectivity index (χ0n) is 8.77. The first-order valence-electron chi connectivity index (χ1n) is 4.63. The number of anilines is 1. The Morgan fingerprint density at radius 3 is 2.88 bits per heavy atom. The lowest BCUT2D eigenvalue weighted by Crippen LogP contribution is -2.14. The standard InChI is InChI=1S/C10H12N2O3S/c1-16-7-4-5-11-8(6-7)12-9(13)2-3-10(14)15/h4-6H,2-3H2,1H3,(H,14,15)(H,11,12,13). The van der Waals surface area contributed by atoms with Gasteiger partial charge in [0.15, 0.2) is 0 Å². The third-order valence-corrected chi connectivity index (χ3v) is 2.53. The van der Waals surface area contributed by atoms with Crippen molar-refractivity contribution in [2.24, 2.45) is 0 Å². The lowest BCUT2D eigenvalue weighted by molar-refractivity contribution is -0.138. The summed E-state index contributed by atoms with van der Waals surface area (Å²) in [6, 6.07) is 3.57. The highest BCUT2D eigenvalue weighted by Gasteiger charge is 2.06. The Bertz CT molecular complexity index is 395. The molecule has 0 aromatic carbocycles. The fraction of sp³-hybridized carbons (Fsp3) is 0.300. The predicted octanol–water partition coefficient (Wildman–Crippen LogP) is 1.61. The van der Waals surface area contributed by atoms with Crippen LogP contribution in [-0.2, 0) is 9.59 Å². The van der Waals surface area contributed by atoms with Gasteiger partial charge < -0.3 is 10.4 Å². The molecular formula is C10H12N2O3S. The molecule has 0 fully saturated rings. The van der Waals surface area contributed by atoms with Crippen LogP contribution in [-0.4, -0.2) is 28.2 Å². The van der Waals surface area contributed by atoms with E-state index >= 15 is 0 Å². The number of thioether (sulfide) groups is 1. The second kappa shape index (κ2) is 6.12. The van der Waals surface area contributed by atoms with E-state index in [1.165, 1.54) is 0 Å². The summed E-state index contributed by atoms with van der Waals surface area (Å²) in [5, 5.41) is 11.0. The van der Waals surface area contributed by atoms with E-state index in [0.717, 1.165) is 4.90 Å². The highest BCUT2D eigenvalue weighted by molar-refractivity contribution is 7.98. The highest BCUT2D eigenvalue weighted by atomic mass is 32.2. The summed E-state index contributed by atoms with van der Waals surface area (Å²) >= 11 is 1.54. The van der Waals surface area contributed by atoms with Crippen LogP contribution in [0.4, 0.5) is 5.82 Å². The van der Waals surface area contributed by atoms with E-state index in [1.807, 2.05) is 12.3 Å². The van der Waals surface area contributed by atoms with E-state index in [4.69, 9.17) is 5.11 Å². The van der Waals surface area contributed by atoms with E-state index in [0.29, 0.717) is 5.82 Å². The number of amides is 1. The van der Waals surface area contributed by atoms with Crippen LogP contribution in [0.2, 0.25) is 0 Å². The van der Waals surface area contributed by atoms with Crippen LogP contribution >= 0.6 is 11.8 Å². The summed E-state index contributed by atoms with van der Waals surface area (Å²) in [6.45, 7) is 0. The maximum Gasteiger partial charge on any atom is 0.303 e. The van der Waals surface area contributed by atoms with Gasteiger partial charge in [-0.2, -0.15) is 0 Å². The average Bonchev–Trinajstić information content (AvgIpc) is 2.26. The summed E-state index contributed by atoms with van der Waals surface area (Å²) < 4.78 is 0. The minimum atomic E-state index is -0.985. The number of aromatic nitrogens is 1. The van der Waals surface area contributed by atoms with Crippen molar-refractivity contribution in [1.29, 1.82) is 0 Å². The van der Waals surface area contributed by atoms with Gasteiger partial charge in [0, 0.05) is 17.5 Å². The molecule has 0 aliphatic heterocycles. The summed E-state index contributed by atoms with van der Waals surface area (Å²) in [5.41, 5.74) is 0. The molecule has 0 bridgehead atoms. The number of hydrogen-bond acceptors (Lipinski definition) is 4. The van der Waals surface area contributed by atoms with Gasteiger partial charge in [-0.15, -0.1) is 11.8 Å². The van der Waals surface area contributed by atoms with Gasteiger partial charge in [0.1, 0.15) is 5.82 Å². The van der Waals surface area contributed by atoms with Gasteiger partial charge in [-0.3, -0.25) is 9.59 Å². The van der Waals surface area contributed by atoms with Crippen molar-refractivity contribution < 1.29 is 14.7 Å². The van der Waals surface area contributed by atoms with E-state index in [2.05, 4.69) is 10.3 Å². The molecule has 0 radical (unpaired) electrons. The number of aliphatic carboxylic acids is 1. The second-order valence-electron chi connectivity index (χ2n) is 3.02. The molecule has 0 atom stereocenters. The number of nitrogens with one attached hydrogen (secondary N) is 1. The Kier molecular flexibility index (Phi) is 4.78. The van der Waals surface area contributed by atoms with Crippen LogP contribution in [0.1, 0.15) is 12.8 Å². The maximum atomic E-state index is 11.3. The van der Waals surface area contributed by atoms with E-state index < -0.39 is 5.97 Å². The SMILES string of the molecule is CSc1ccnc(NC(=O)CCC(=O)O)c1. The molecule has 1 heterocycles. The predicted molar refractivity (Wildman–Crippen MR) is 61.5 cm³/mol. The highest BCUT2D eigenvalue weighted by Crippen LogP contribution is 2.16. The molecule has 1 aromatic rings. The topological polar surface area (TPSA) is 79.3 Å². The van der Waals surface area contributed by atoms with Crippen molar-refractivity contribution in [3.8, 4) is 0 Å². The first-order valence-corrected chi connectivity index (χ1v) is 5.86. The number of rotatable bonds is 5. The molecule has 86 valence electrons. The molecule has 0 spiro atoms. The largest absolute Gasteiger partial charge is 0.481 e. The molecule has 0 saturated heterocycles. The zero-order chi connectivity index (χ0) is 12.0. The van der Waals surface area contributed by atoms with Crippen LogP contribution in [0.15, 0.2) is 23.2 Å². The third-order valence-electron chi connectivity index (χ3n) is 1.80. The number of carboxylic acids is 1. The summed E-state index contributed by atoms with van der Waals surface area (Å²) in [6.07, 6.45) is 3.30. The van der Waals surface area contributed by atoms with E-state index in [-0.39, 0.29) is 18.7 Å². The molecule has 1 amide bonds. The number of carbonyl (C=O) groups is 2. The number of pyridine rings is 1. The molecule has 1 aromatic heterocycles. The second-order valence-corrected chi connectivity index (χ2v) is 3.90. The van der Waals surface area contributed by atoms with Gasteiger partial charge in [-0.25, -0.2) is 4.98 Å². The van der Waals surface area contributed by atoms with Gasteiger partial charge in [0.05, 0.1) is 6.42 Å². The van der Waals surface area contributed by atoms with E-state index in [9.17, 15) is 9.59 Å². The zero-order valence-corrected chi connectivity index (χ0v) is 9.58. The van der Waals surface area contributed by atoms with Gasteiger partial charge in [0.2, 0.25) is 5.91 Å². The quantitative estimate of drug-likeness (QED) is 0.764. The summed E-state index contributed by atoms with van der Waals surface area (Å²) in [4.78, 5) is 26.5. The van der Waals surface area contributed by atoms with Gasteiger partial charge in [0.25, 0.3) is 0 Å². The van der Waals surface area contributed by atoms with Crippen molar-refractivity contribution in [2.75, 3.05) is 11.6 Å². The molecule has 2 N–H and O–H groups in total. The fourth-order valence-corrected chi connectivity index (χ4v) is 1.46. The molecule has 16 heavy (non-hydrogen) atoms. The van der Waals surface area contributed by atoms with Crippen molar-refractivity contribution in [3.63, 3.8) is 0 Å². The number of carbonyl (C=O) groups excluding carboxylic acids is 1. The Hall–Kier alpha value is -1.56. The Balaban J connectivity index is 2.52. The van der Waals surface area contributed by atoms with Crippen LogP contribution in [0.3, 0.4) is 0 Å². The fourth-order valence-electron chi connectivity index (χ4n) is 1.03. The van der Waals surface area contributed by atoms with Crippen LogP contribution in [0, 0.1) is 0 Å². The number of nitrogens with zero attached hydrogens (tertiary/aromatic N) is 1. The Morgan fingerprint density at radius 2 is 2.25 bits per heavy atom. The first kappa shape index (κ1) is 12.5.